The summed E-state index contributed by atoms with van der Waals surface area (Å²) in [5, 5.41) is 2.27. The average Bonchev–Trinajstić information content (AvgIpc) is 2.75. The summed E-state index contributed by atoms with van der Waals surface area (Å²) in [6, 6.07) is 8.81. The van der Waals surface area contributed by atoms with Gasteiger partial charge >= 0.3 is 12.5 Å². The van der Waals surface area contributed by atoms with Gasteiger partial charge in [0.2, 0.25) is 0 Å². The van der Waals surface area contributed by atoms with Crippen LogP contribution in [0.25, 0.3) is 0 Å². The number of hydrogen-bond acceptors (Lipinski definition) is 4. The molecular formula is C23H16F7NO4. The highest BCUT2D eigenvalue weighted by Gasteiger charge is 2.37. The lowest BCUT2D eigenvalue weighted by atomic mass is 10.0. The van der Waals surface area contributed by atoms with Crippen LogP contribution < -0.4 is 19.5 Å². The Hall–Kier alpha value is -3.96. The summed E-state index contributed by atoms with van der Waals surface area (Å²) in [6.07, 6.45) is -9.95. The van der Waals surface area contributed by atoms with Crippen LogP contribution in [0.1, 0.15) is 21.5 Å². The molecule has 0 saturated carbocycles. The van der Waals surface area contributed by atoms with E-state index in [2.05, 4.69) is 10.1 Å². The molecule has 0 aliphatic rings. The molecule has 186 valence electrons. The number of halogens is 7. The number of ether oxygens (including phenoxy) is 3. The molecule has 0 aliphatic heterocycles. The Balaban J connectivity index is 2.03. The van der Waals surface area contributed by atoms with Crippen LogP contribution in [0, 0.1) is 12.7 Å². The van der Waals surface area contributed by atoms with Crippen molar-refractivity contribution in [2.24, 2.45) is 0 Å². The first-order chi connectivity index (χ1) is 16.3. The number of nitrogens with one attached hydrogen (secondary N) is 1. The van der Waals surface area contributed by atoms with Gasteiger partial charge in [0.05, 0.1) is 18.2 Å². The number of alkyl halides is 6. The van der Waals surface area contributed by atoms with Gasteiger partial charge in [-0.1, -0.05) is 6.07 Å². The first-order valence-corrected chi connectivity index (χ1v) is 9.68. The normalized spacial score (nSPS) is 11.7. The molecule has 0 atom stereocenters. The molecule has 0 fully saturated rings. The molecule has 3 aromatic carbocycles. The van der Waals surface area contributed by atoms with Gasteiger partial charge < -0.3 is 19.5 Å². The van der Waals surface area contributed by atoms with Crippen LogP contribution >= 0.6 is 0 Å². The van der Waals surface area contributed by atoms with E-state index in [0.717, 1.165) is 43.5 Å². The molecule has 0 spiro atoms. The summed E-state index contributed by atoms with van der Waals surface area (Å²) in [5.74, 6) is -3.59. The first kappa shape index (κ1) is 25.7. The average molecular weight is 503 g/mol. The van der Waals surface area contributed by atoms with Gasteiger partial charge in [-0.25, -0.2) is 4.39 Å². The van der Waals surface area contributed by atoms with Gasteiger partial charge in [0.25, 0.3) is 5.91 Å². The van der Waals surface area contributed by atoms with E-state index in [1.54, 1.807) is 0 Å². The third kappa shape index (κ3) is 6.34. The molecular weight excluding hydrogens is 487 g/mol. The van der Waals surface area contributed by atoms with Crippen LogP contribution in [0.4, 0.5) is 36.4 Å². The molecule has 0 aromatic heterocycles. The number of anilines is 1. The van der Waals surface area contributed by atoms with Gasteiger partial charge in [0.1, 0.15) is 17.3 Å². The predicted octanol–water partition coefficient (Wildman–Crippen LogP) is 7.10. The van der Waals surface area contributed by atoms with Gasteiger partial charge in [-0.2, -0.15) is 13.2 Å². The van der Waals surface area contributed by atoms with Crippen LogP contribution in [0.15, 0.2) is 54.6 Å². The largest absolute Gasteiger partial charge is 0.573 e. The highest BCUT2D eigenvalue weighted by Crippen LogP contribution is 2.41. The molecule has 3 aromatic rings. The summed E-state index contributed by atoms with van der Waals surface area (Å²) in [5.41, 5.74) is -2.06. The second-order valence-corrected chi connectivity index (χ2v) is 7.06. The Morgan fingerprint density at radius 2 is 1.60 bits per heavy atom. The number of carbonyl (C=O) groups is 1. The van der Waals surface area contributed by atoms with E-state index in [0.29, 0.717) is 6.07 Å². The topological polar surface area (TPSA) is 56.8 Å². The number of carbonyl (C=O) groups excluding carboxylic acids is 1. The second-order valence-electron chi connectivity index (χ2n) is 7.06. The maximum atomic E-state index is 13.7. The van der Waals surface area contributed by atoms with Crippen LogP contribution in [0.3, 0.4) is 0 Å². The lowest BCUT2D eigenvalue weighted by molar-refractivity contribution is -0.274. The molecule has 0 bridgehead atoms. The molecule has 1 amide bonds. The summed E-state index contributed by atoms with van der Waals surface area (Å²) in [6.45, 7) is 1.40. The van der Waals surface area contributed by atoms with Crippen molar-refractivity contribution in [3.8, 4) is 23.0 Å². The number of amides is 1. The molecule has 0 heterocycles. The lowest BCUT2D eigenvalue weighted by Gasteiger charge is -2.18. The Labute approximate surface area is 194 Å². The van der Waals surface area contributed by atoms with E-state index in [1.165, 1.54) is 19.1 Å². The highest BCUT2D eigenvalue weighted by atomic mass is 19.4. The molecule has 0 unspecified atom stereocenters. The van der Waals surface area contributed by atoms with Crippen LogP contribution in [-0.2, 0) is 6.18 Å². The zero-order valence-electron chi connectivity index (χ0n) is 18.0. The van der Waals surface area contributed by atoms with Crippen molar-refractivity contribution in [3.05, 3.63) is 77.1 Å². The molecule has 0 saturated heterocycles. The smallest absolute Gasteiger partial charge is 0.493 e. The van der Waals surface area contributed by atoms with Crippen LogP contribution in [-0.4, -0.2) is 19.4 Å². The van der Waals surface area contributed by atoms with E-state index < -0.39 is 46.9 Å². The van der Waals surface area contributed by atoms with Crippen molar-refractivity contribution < 1.29 is 49.7 Å². The highest BCUT2D eigenvalue weighted by molar-refractivity contribution is 6.07. The summed E-state index contributed by atoms with van der Waals surface area (Å²) in [4.78, 5) is 12.9. The lowest BCUT2D eigenvalue weighted by Crippen LogP contribution is -2.20. The van der Waals surface area contributed by atoms with Gasteiger partial charge in [0.15, 0.2) is 11.5 Å². The third-order valence-corrected chi connectivity index (χ3v) is 4.56. The zero-order chi connectivity index (χ0) is 26.0. The third-order valence-electron chi connectivity index (χ3n) is 4.56. The number of benzene rings is 3. The Bertz CT molecular complexity index is 1240. The van der Waals surface area contributed by atoms with Gasteiger partial charge in [-0.3, -0.25) is 4.79 Å². The monoisotopic (exact) mass is 503 g/mol. The molecule has 3 rings (SSSR count). The summed E-state index contributed by atoms with van der Waals surface area (Å²) < 4.78 is 106. The minimum absolute atomic E-state index is 0.0306. The quantitative estimate of drug-likeness (QED) is 0.365. The fourth-order valence-corrected chi connectivity index (χ4v) is 3.05. The van der Waals surface area contributed by atoms with Gasteiger partial charge in [-0.05, 0) is 55.0 Å². The van der Waals surface area contributed by atoms with E-state index in [4.69, 9.17) is 9.47 Å². The van der Waals surface area contributed by atoms with Crippen molar-refractivity contribution in [3.63, 3.8) is 0 Å². The maximum absolute atomic E-state index is 13.7. The zero-order valence-corrected chi connectivity index (χ0v) is 18.0. The van der Waals surface area contributed by atoms with Gasteiger partial charge in [-0.15, -0.1) is 13.2 Å². The minimum atomic E-state index is -4.99. The Morgan fingerprint density at radius 3 is 2.20 bits per heavy atom. The molecule has 1 N–H and O–H groups in total. The Kier molecular flexibility index (Phi) is 7.13. The molecule has 0 radical (unpaired) electrons. The molecule has 35 heavy (non-hydrogen) atoms. The van der Waals surface area contributed by atoms with E-state index in [1.807, 2.05) is 0 Å². The van der Waals surface area contributed by atoms with Crippen molar-refractivity contribution in [1.82, 2.24) is 0 Å². The summed E-state index contributed by atoms with van der Waals surface area (Å²) in [7, 11) is 1.09. The van der Waals surface area contributed by atoms with E-state index in [-0.39, 0.29) is 22.7 Å². The van der Waals surface area contributed by atoms with Crippen LogP contribution in [0.5, 0.6) is 23.0 Å². The first-order valence-electron chi connectivity index (χ1n) is 9.68. The maximum Gasteiger partial charge on any atom is 0.573 e. The SMILES string of the molecule is COc1cc(OC(F)(F)F)ccc1Oc1cccc(C(F)(F)F)c1C(=O)Nc1ccc(F)c(C)c1. The molecule has 12 heteroatoms. The predicted molar refractivity (Wildman–Crippen MR) is 110 cm³/mol. The van der Waals surface area contributed by atoms with Crippen LogP contribution in [0.2, 0.25) is 0 Å². The number of aryl methyl sites for hydroxylation is 1. The number of hydrogen-bond donors (Lipinski definition) is 1. The number of rotatable bonds is 6. The van der Waals surface area contributed by atoms with Gasteiger partial charge in [0, 0.05) is 11.8 Å². The number of methoxy groups -OCH3 is 1. The van der Waals surface area contributed by atoms with E-state index in [9.17, 15) is 35.5 Å². The van der Waals surface area contributed by atoms with Crippen molar-refractivity contribution in [1.29, 1.82) is 0 Å². The molecule has 5 nitrogen and oxygen atoms in total. The van der Waals surface area contributed by atoms with E-state index >= 15 is 0 Å². The fraction of sp³-hybridized carbons (Fsp3) is 0.174. The Morgan fingerprint density at radius 1 is 0.886 bits per heavy atom. The van der Waals surface area contributed by atoms with Crippen molar-refractivity contribution >= 4 is 11.6 Å². The molecule has 0 aliphatic carbocycles. The van der Waals surface area contributed by atoms with Crippen molar-refractivity contribution in [2.45, 2.75) is 19.5 Å². The minimum Gasteiger partial charge on any atom is -0.493 e. The standard InChI is InChI=1S/C23H16F7NO4/c1-12-10-13(6-8-16(12)24)31-21(32)20-15(22(25,26)27)4-3-5-18(20)34-17-9-7-14(11-19(17)33-2)35-23(28,29)30/h3-11H,1-2H3,(H,31,32). The summed E-state index contributed by atoms with van der Waals surface area (Å²) >= 11 is 0. The van der Waals surface area contributed by atoms with Crippen molar-refractivity contribution in [2.75, 3.05) is 12.4 Å². The fourth-order valence-electron chi connectivity index (χ4n) is 3.05. The second kappa shape index (κ2) is 9.72.